The van der Waals surface area contributed by atoms with E-state index >= 15 is 0 Å². The molecule has 1 aromatic carbocycles. The number of unbranched alkanes of at least 4 members (excludes halogenated alkanes) is 1. The number of benzene rings is 1. The van der Waals surface area contributed by atoms with Crippen LogP contribution in [-0.4, -0.2) is 72.6 Å². The first-order valence-corrected chi connectivity index (χ1v) is 8.92. The summed E-state index contributed by atoms with van der Waals surface area (Å²) in [6.07, 6.45) is 2.92. The predicted molar refractivity (Wildman–Crippen MR) is 99.4 cm³/mol. The lowest BCUT2D eigenvalue weighted by atomic mass is 10.2. The van der Waals surface area contributed by atoms with Crippen LogP contribution in [0.25, 0.3) is 0 Å². The van der Waals surface area contributed by atoms with E-state index in [9.17, 15) is 0 Å². The number of rotatable bonds is 7. The molecule has 0 amide bonds. The van der Waals surface area contributed by atoms with Crippen LogP contribution in [0.2, 0.25) is 0 Å². The lowest BCUT2D eigenvalue weighted by Crippen LogP contribution is -2.45. The molecule has 8 nitrogen and oxygen atoms in total. The summed E-state index contributed by atoms with van der Waals surface area (Å²) in [5.74, 6) is -1.93. The summed E-state index contributed by atoms with van der Waals surface area (Å²) in [6.45, 7) is 8.26. The van der Waals surface area contributed by atoms with Crippen LogP contribution in [0.3, 0.4) is 0 Å². The van der Waals surface area contributed by atoms with Gasteiger partial charge < -0.3 is 24.4 Å². The van der Waals surface area contributed by atoms with Gasteiger partial charge in [0.1, 0.15) is 11.5 Å². The zero-order chi connectivity index (χ0) is 20.2. The highest BCUT2D eigenvalue weighted by atomic mass is 16.5. The molecule has 1 heterocycles. The topological polar surface area (TPSA) is 106 Å². The maximum absolute atomic E-state index is 9.10. The fourth-order valence-corrected chi connectivity index (χ4v) is 2.79. The molecule has 2 atom stereocenters. The minimum absolute atomic E-state index is 0.349. The van der Waals surface area contributed by atoms with Crippen LogP contribution in [0.15, 0.2) is 24.3 Å². The summed E-state index contributed by atoms with van der Waals surface area (Å²) in [7, 11) is 1.67. The van der Waals surface area contributed by atoms with Gasteiger partial charge >= 0.3 is 11.9 Å². The van der Waals surface area contributed by atoms with Crippen LogP contribution in [0, 0.1) is 0 Å². The van der Waals surface area contributed by atoms with E-state index in [1.165, 1.54) is 0 Å². The third-order valence-electron chi connectivity index (χ3n) is 3.86. The average Bonchev–Trinajstić information content (AvgIpc) is 2.61. The quantitative estimate of drug-likeness (QED) is 0.545. The molecule has 0 saturated carbocycles. The van der Waals surface area contributed by atoms with Crippen molar-refractivity contribution < 1.29 is 34.0 Å². The van der Waals surface area contributed by atoms with Crippen molar-refractivity contribution in [1.29, 1.82) is 0 Å². The molecule has 0 bridgehead atoms. The number of ether oxygens (including phenoxy) is 3. The number of morpholine rings is 1. The first-order chi connectivity index (χ1) is 12.8. The fourth-order valence-electron chi connectivity index (χ4n) is 2.79. The first-order valence-electron chi connectivity index (χ1n) is 8.92. The molecule has 1 aromatic rings. The molecule has 2 N–H and O–H groups in total. The highest BCUT2D eigenvalue weighted by molar-refractivity contribution is 6.27. The van der Waals surface area contributed by atoms with Crippen LogP contribution in [0.5, 0.6) is 11.5 Å². The van der Waals surface area contributed by atoms with E-state index in [1.807, 2.05) is 24.3 Å². The van der Waals surface area contributed by atoms with E-state index in [1.54, 1.807) is 7.11 Å². The van der Waals surface area contributed by atoms with E-state index in [0.29, 0.717) is 12.2 Å². The maximum Gasteiger partial charge on any atom is 0.414 e. The van der Waals surface area contributed by atoms with Gasteiger partial charge in [0.05, 0.1) is 25.9 Å². The standard InChI is InChI=1S/C17H27NO3.C2H2O4/c1-14-12-18(13-15(2)21-14)9-4-5-10-20-17-8-6-7-16(11-17)19-3;3-1(4)2(5)6/h6-8,11,14-15H,4-5,9-10,12-13H2,1-3H3;(H,3,4)(H,5,6). The second-order valence-corrected chi connectivity index (χ2v) is 6.36. The summed E-state index contributed by atoms with van der Waals surface area (Å²) in [5, 5.41) is 14.8. The molecule has 2 unspecified atom stereocenters. The van der Waals surface area contributed by atoms with E-state index in [2.05, 4.69) is 18.7 Å². The van der Waals surface area contributed by atoms with Crippen LogP contribution in [0.4, 0.5) is 0 Å². The molecule has 0 aliphatic carbocycles. The Bertz CT molecular complexity index is 571. The highest BCUT2D eigenvalue weighted by Gasteiger charge is 2.21. The SMILES string of the molecule is COc1cccc(OCCCCN2CC(C)OC(C)C2)c1.O=C(O)C(=O)O. The third-order valence-corrected chi connectivity index (χ3v) is 3.86. The Kier molecular flexibility index (Phi) is 10.2. The van der Waals surface area contributed by atoms with E-state index in [4.69, 9.17) is 34.0 Å². The van der Waals surface area contributed by atoms with Gasteiger partial charge in [-0.15, -0.1) is 0 Å². The number of carboxylic acid groups (broad SMARTS) is 2. The van der Waals surface area contributed by atoms with Crippen molar-refractivity contribution in [2.24, 2.45) is 0 Å². The van der Waals surface area contributed by atoms with E-state index in [-0.39, 0.29) is 0 Å². The summed E-state index contributed by atoms with van der Waals surface area (Å²) in [4.78, 5) is 20.7. The van der Waals surface area contributed by atoms with Gasteiger partial charge in [-0.2, -0.15) is 0 Å². The predicted octanol–water partition coefficient (Wildman–Crippen LogP) is 2.12. The lowest BCUT2D eigenvalue weighted by Gasteiger charge is -2.35. The van der Waals surface area contributed by atoms with Gasteiger partial charge in [-0.25, -0.2) is 9.59 Å². The monoisotopic (exact) mass is 383 g/mol. The molecule has 2 rings (SSSR count). The number of methoxy groups -OCH3 is 1. The second-order valence-electron chi connectivity index (χ2n) is 6.36. The molecule has 0 radical (unpaired) electrons. The second kappa shape index (κ2) is 12.1. The molecule has 1 aliphatic rings. The van der Waals surface area contributed by atoms with Crippen molar-refractivity contribution >= 4 is 11.9 Å². The molecule has 1 aliphatic heterocycles. The minimum atomic E-state index is -1.82. The molecular weight excluding hydrogens is 354 g/mol. The van der Waals surface area contributed by atoms with Crippen molar-refractivity contribution in [3.8, 4) is 11.5 Å². The number of hydrogen-bond acceptors (Lipinski definition) is 6. The smallest absolute Gasteiger partial charge is 0.414 e. The first kappa shape index (κ1) is 22.7. The van der Waals surface area contributed by atoms with E-state index in [0.717, 1.165) is 50.6 Å². The normalized spacial score (nSPS) is 19.5. The Balaban J connectivity index is 0.000000527. The average molecular weight is 383 g/mol. The van der Waals surface area contributed by atoms with Crippen molar-refractivity contribution in [2.45, 2.75) is 38.9 Å². The van der Waals surface area contributed by atoms with Crippen molar-refractivity contribution in [3.05, 3.63) is 24.3 Å². The van der Waals surface area contributed by atoms with Gasteiger partial charge in [-0.05, 0) is 45.4 Å². The van der Waals surface area contributed by atoms with Crippen LogP contribution >= 0.6 is 0 Å². The summed E-state index contributed by atoms with van der Waals surface area (Å²) in [5.41, 5.74) is 0. The summed E-state index contributed by atoms with van der Waals surface area (Å²) in [6, 6.07) is 7.76. The van der Waals surface area contributed by atoms with Crippen LogP contribution < -0.4 is 9.47 Å². The van der Waals surface area contributed by atoms with Crippen molar-refractivity contribution in [3.63, 3.8) is 0 Å². The molecule has 8 heteroatoms. The molecular formula is C19H29NO7. The van der Waals surface area contributed by atoms with Gasteiger partial charge in [0, 0.05) is 19.2 Å². The zero-order valence-electron chi connectivity index (χ0n) is 16.1. The molecule has 152 valence electrons. The number of carboxylic acids is 2. The van der Waals surface area contributed by atoms with E-state index < -0.39 is 11.9 Å². The van der Waals surface area contributed by atoms with Gasteiger partial charge in [0.2, 0.25) is 0 Å². The number of hydrogen-bond donors (Lipinski definition) is 2. The highest BCUT2D eigenvalue weighted by Crippen LogP contribution is 2.19. The molecule has 0 aromatic heterocycles. The Labute approximate surface area is 159 Å². The van der Waals surface area contributed by atoms with Gasteiger partial charge in [0.25, 0.3) is 0 Å². The minimum Gasteiger partial charge on any atom is -0.497 e. The largest absolute Gasteiger partial charge is 0.497 e. The molecule has 1 saturated heterocycles. The Hall–Kier alpha value is -2.32. The Morgan fingerprint density at radius 1 is 1.11 bits per heavy atom. The van der Waals surface area contributed by atoms with Crippen molar-refractivity contribution in [2.75, 3.05) is 33.4 Å². The maximum atomic E-state index is 9.10. The van der Waals surface area contributed by atoms with Crippen LogP contribution in [0.1, 0.15) is 26.7 Å². The number of carbonyl (C=O) groups is 2. The molecule has 1 fully saturated rings. The van der Waals surface area contributed by atoms with Gasteiger partial charge in [-0.1, -0.05) is 6.07 Å². The fraction of sp³-hybridized carbons (Fsp3) is 0.579. The Morgan fingerprint density at radius 3 is 2.26 bits per heavy atom. The number of aliphatic carboxylic acids is 2. The Morgan fingerprint density at radius 2 is 1.70 bits per heavy atom. The third kappa shape index (κ3) is 9.81. The lowest BCUT2D eigenvalue weighted by molar-refractivity contribution is -0.159. The van der Waals surface area contributed by atoms with Gasteiger partial charge in [-0.3, -0.25) is 4.90 Å². The van der Waals surface area contributed by atoms with Crippen LogP contribution in [-0.2, 0) is 14.3 Å². The number of nitrogens with zero attached hydrogens (tertiary/aromatic N) is 1. The zero-order valence-corrected chi connectivity index (χ0v) is 16.1. The summed E-state index contributed by atoms with van der Waals surface area (Å²) >= 11 is 0. The molecule has 27 heavy (non-hydrogen) atoms. The molecule has 0 spiro atoms. The van der Waals surface area contributed by atoms with Gasteiger partial charge in [0.15, 0.2) is 0 Å². The van der Waals surface area contributed by atoms with Crippen molar-refractivity contribution in [1.82, 2.24) is 4.90 Å². The summed E-state index contributed by atoms with van der Waals surface area (Å²) < 4.78 is 16.7.